The lowest BCUT2D eigenvalue weighted by Crippen LogP contribution is -2.46. The van der Waals surface area contributed by atoms with Crippen molar-refractivity contribution >= 4 is 39.7 Å². The van der Waals surface area contributed by atoms with Crippen LogP contribution in [0.5, 0.6) is 0 Å². The first-order valence-electron chi connectivity index (χ1n) is 10.1. The summed E-state index contributed by atoms with van der Waals surface area (Å²) >= 11 is 7.93. The largest absolute Gasteiger partial charge is 0.350 e. The number of aryl methyl sites for hydroxylation is 1. The fourth-order valence-electron chi connectivity index (χ4n) is 3.77. The van der Waals surface area contributed by atoms with Crippen molar-refractivity contribution in [2.24, 2.45) is 0 Å². The first-order valence-corrected chi connectivity index (χ1v) is 11.4. The van der Waals surface area contributed by atoms with Gasteiger partial charge < -0.3 is 15.2 Å². The topological polar surface area (TPSA) is 51.4 Å². The zero-order valence-electron chi connectivity index (χ0n) is 16.9. The third-order valence-electron chi connectivity index (χ3n) is 5.61. The van der Waals surface area contributed by atoms with Gasteiger partial charge in [-0.25, -0.2) is 0 Å². The second-order valence-corrected chi connectivity index (χ2v) is 8.99. The van der Waals surface area contributed by atoms with Crippen LogP contribution < -0.4 is 5.32 Å². The summed E-state index contributed by atoms with van der Waals surface area (Å²) in [4.78, 5) is 22.2. The Morgan fingerprint density at radius 3 is 2.76 bits per heavy atom. The third-order valence-corrected chi connectivity index (χ3v) is 6.84. The number of aromatic amines is 1. The van der Waals surface area contributed by atoms with Crippen LogP contribution in [0, 0.1) is 0 Å². The molecule has 1 aliphatic heterocycles. The van der Waals surface area contributed by atoms with E-state index < -0.39 is 0 Å². The highest BCUT2D eigenvalue weighted by atomic mass is 35.5. The van der Waals surface area contributed by atoms with Crippen LogP contribution in [0.25, 0.3) is 21.3 Å². The highest BCUT2D eigenvalue weighted by Gasteiger charge is 2.21. The quantitative estimate of drug-likeness (QED) is 0.619. The number of hydrogen-bond donors (Lipinski definition) is 2. The number of H-pyrrole nitrogens is 1. The van der Waals surface area contributed by atoms with Gasteiger partial charge >= 0.3 is 0 Å². The maximum Gasteiger partial charge on any atom is 0.268 e. The number of halogens is 1. The molecule has 3 aromatic rings. The van der Waals surface area contributed by atoms with Gasteiger partial charge in [-0.3, -0.25) is 9.69 Å². The van der Waals surface area contributed by atoms with E-state index in [0.717, 1.165) is 60.5 Å². The number of thiophene rings is 1. The second kappa shape index (κ2) is 8.88. The molecule has 7 heteroatoms. The molecule has 0 saturated carbocycles. The van der Waals surface area contributed by atoms with Gasteiger partial charge in [0.2, 0.25) is 0 Å². The minimum atomic E-state index is -0.0621. The lowest BCUT2D eigenvalue weighted by atomic mass is 10.1. The maximum absolute atomic E-state index is 13.1. The van der Waals surface area contributed by atoms with Crippen molar-refractivity contribution in [2.45, 2.75) is 13.3 Å². The summed E-state index contributed by atoms with van der Waals surface area (Å²) < 4.78 is 0. The zero-order valence-corrected chi connectivity index (χ0v) is 18.5. The molecule has 1 aromatic carbocycles. The number of nitrogens with zero attached hydrogens (tertiary/aromatic N) is 2. The van der Waals surface area contributed by atoms with Gasteiger partial charge in [0.25, 0.3) is 5.91 Å². The molecule has 1 amide bonds. The van der Waals surface area contributed by atoms with Gasteiger partial charge in [0.05, 0.1) is 0 Å². The standard InChI is InChI=1S/C22H27ClN4OS/c1-3-15-12-19(29-14-15)20-17-13-16(23)4-5-18(17)25-21(20)22(28)24-6-7-27-10-8-26(2)9-11-27/h4-5,12-14,25H,3,6-11H2,1-2H3,(H,24,28). The van der Waals surface area contributed by atoms with Gasteiger partial charge in [0.1, 0.15) is 5.69 Å². The van der Waals surface area contributed by atoms with Crippen molar-refractivity contribution in [1.29, 1.82) is 0 Å². The number of hydrogen-bond acceptors (Lipinski definition) is 4. The van der Waals surface area contributed by atoms with E-state index in [1.807, 2.05) is 18.2 Å². The van der Waals surface area contributed by atoms with Crippen LogP contribution in [-0.2, 0) is 6.42 Å². The van der Waals surface area contributed by atoms with E-state index >= 15 is 0 Å². The van der Waals surface area contributed by atoms with Gasteiger partial charge in [0.15, 0.2) is 0 Å². The number of carbonyl (C=O) groups excluding carboxylic acids is 1. The average molecular weight is 431 g/mol. The number of aromatic nitrogens is 1. The summed E-state index contributed by atoms with van der Waals surface area (Å²) in [5.74, 6) is -0.0621. The molecule has 1 saturated heterocycles. The number of nitrogens with one attached hydrogen (secondary N) is 2. The van der Waals surface area contributed by atoms with Crippen molar-refractivity contribution in [3.63, 3.8) is 0 Å². The molecule has 4 rings (SSSR count). The zero-order chi connectivity index (χ0) is 20.4. The molecule has 2 aromatic heterocycles. The summed E-state index contributed by atoms with van der Waals surface area (Å²) in [5.41, 5.74) is 3.78. The molecule has 1 aliphatic rings. The molecule has 29 heavy (non-hydrogen) atoms. The van der Waals surface area contributed by atoms with E-state index in [4.69, 9.17) is 11.6 Å². The predicted molar refractivity (Wildman–Crippen MR) is 122 cm³/mol. The summed E-state index contributed by atoms with van der Waals surface area (Å²) in [6, 6.07) is 7.91. The van der Waals surface area contributed by atoms with E-state index in [0.29, 0.717) is 17.3 Å². The Morgan fingerprint density at radius 2 is 2.03 bits per heavy atom. The molecule has 154 valence electrons. The van der Waals surface area contributed by atoms with Crippen molar-refractivity contribution in [3.05, 3.63) is 45.9 Å². The fourth-order valence-corrected chi connectivity index (χ4v) is 5.00. The van der Waals surface area contributed by atoms with Crippen LogP contribution in [0.4, 0.5) is 0 Å². The number of amides is 1. The minimum Gasteiger partial charge on any atom is -0.350 e. The number of likely N-dealkylation sites (N-methyl/N-ethyl adjacent to an activating group) is 1. The van der Waals surface area contributed by atoms with E-state index in [1.165, 1.54) is 5.56 Å². The fraction of sp³-hybridized carbons (Fsp3) is 0.409. The lowest BCUT2D eigenvalue weighted by Gasteiger charge is -2.32. The van der Waals surface area contributed by atoms with Gasteiger partial charge in [-0.05, 0) is 48.7 Å². The predicted octanol–water partition coefficient (Wildman–Crippen LogP) is 4.09. The van der Waals surface area contributed by atoms with Crippen LogP contribution in [0.1, 0.15) is 23.0 Å². The van der Waals surface area contributed by atoms with Crippen LogP contribution in [-0.4, -0.2) is 67.0 Å². The number of piperazine rings is 1. The van der Waals surface area contributed by atoms with Crippen molar-refractivity contribution in [1.82, 2.24) is 20.1 Å². The molecule has 0 spiro atoms. The number of carbonyl (C=O) groups is 1. The molecule has 3 heterocycles. The Balaban J connectivity index is 1.55. The molecule has 0 unspecified atom stereocenters. The van der Waals surface area contributed by atoms with Crippen LogP contribution >= 0.6 is 22.9 Å². The molecular formula is C22H27ClN4OS. The smallest absolute Gasteiger partial charge is 0.268 e. The Bertz CT molecular complexity index is 1000. The van der Waals surface area contributed by atoms with Gasteiger partial charge in [-0.2, -0.15) is 0 Å². The third kappa shape index (κ3) is 4.51. The summed E-state index contributed by atoms with van der Waals surface area (Å²) in [6.07, 6.45) is 0.978. The average Bonchev–Trinajstić information content (AvgIpc) is 3.33. The highest BCUT2D eigenvalue weighted by Crippen LogP contribution is 2.37. The second-order valence-electron chi connectivity index (χ2n) is 7.64. The summed E-state index contributed by atoms with van der Waals surface area (Å²) in [7, 11) is 2.15. The van der Waals surface area contributed by atoms with Crippen LogP contribution in [0.3, 0.4) is 0 Å². The van der Waals surface area contributed by atoms with Crippen molar-refractivity contribution in [2.75, 3.05) is 46.3 Å². The summed E-state index contributed by atoms with van der Waals surface area (Å²) in [5, 5.41) is 6.94. The van der Waals surface area contributed by atoms with Gasteiger partial charge in [-0.15, -0.1) is 11.3 Å². The molecule has 0 aliphatic carbocycles. The Morgan fingerprint density at radius 1 is 1.24 bits per heavy atom. The molecule has 2 N–H and O–H groups in total. The number of rotatable bonds is 6. The molecule has 1 fully saturated rings. The monoisotopic (exact) mass is 430 g/mol. The van der Waals surface area contributed by atoms with Gasteiger partial charge in [-0.1, -0.05) is 18.5 Å². The molecule has 5 nitrogen and oxygen atoms in total. The molecular weight excluding hydrogens is 404 g/mol. The number of fused-ring (bicyclic) bond motifs is 1. The Kier molecular flexibility index (Phi) is 6.25. The normalized spacial score (nSPS) is 15.8. The molecule has 0 bridgehead atoms. The SMILES string of the molecule is CCc1csc(-c2c(C(=O)NCCN3CCN(C)CC3)[nH]c3ccc(Cl)cc23)c1. The van der Waals surface area contributed by atoms with Crippen LogP contribution in [0.15, 0.2) is 29.6 Å². The van der Waals surface area contributed by atoms with E-state index in [-0.39, 0.29) is 5.91 Å². The Labute approximate surface area is 180 Å². The summed E-state index contributed by atoms with van der Waals surface area (Å²) in [6.45, 7) is 7.93. The maximum atomic E-state index is 13.1. The van der Waals surface area contributed by atoms with Crippen molar-refractivity contribution in [3.8, 4) is 10.4 Å². The first kappa shape index (κ1) is 20.4. The highest BCUT2D eigenvalue weighted by molar-refractivity contribution is 7.13. The van der Waals surface area contributed by atoms with E-state index in [9.17, 15) is 4.79 Å². The minimum absolute atomic E-state index is 0.0621. The first-order chi connectivity index (χ1) is 14.0. The van der Waals surface area contributed by atoms with E-state index in [2.05, 4.69) is 45.5 Å². The number of benzene rings is 1. The molecule has 0 atom stereocenters. The van der Waals surface area contributed by atoms with Gasteiger partial charge in [0, 0.05) is 65.6 Å². The van der Waals surface area contributed by atoms with E-state index in [1.54, 1.807) is 11.3 Å². The van der Waals surface area contributed by atoms with Crippen LogP contribution in [0.2, 0.25) is 5.02 Å². The Hall–Kier alpha value is -1.86. The van der Waals surface area contributed by atoms with Crippen molar-refractivity contribution < 1.29 is 4.79 Å². The lowest BCUT2D eigenvalue weighted by molar-refractivity contribution is 0.0937. The molecule has 0 radical (unpaired) electrons.